The molecule has 110 valence electrons. The molecule has 0 aromatic carbocycles. The van der Waals surface area contributed by atoms with E-state index in [0.717, 1.165) is 5.56 Å². The third kappa shape index (κ3) is 3.32. The van der Waals surface area contributed by atoms with Gasteiger partial charge in [0.1, 0.15) is 10.7 Å². The average Bonchev–Trinajstić information content (AvgIpc) is 2.99. The molecule has 5 nitrogen and oxygen atoms in total. The van der Waals surface area contributed by atoms with Crippen molar-refractivity contribution in [1.82, 2.24) is 9.62 Å². The summed E-state index contributed by atoms with van der Waals surface area (Å²) in [6.45, 7) is 0.813. The van der Waals surface area contributed by atoms with Gasteiger partial charge in [0, 0.05) is 19.7 Å². The van der Waals surface area contributed by atoms with Gasteiger partial charge < -0.3 is 9.73 Å². The van der Waals surface area contributed by atoms with Crippen molar-refractivity contribution in [3.8, 4) is 0 Å². The second kappa shape index (κ2) is 6.40. The number of furan rings is 1. The van der Waals surface area contributed by atoms with Gasteiger partial charge in [0.15, 0.2) is 4.67 Å². The van der Waals surface area contributed by atoms with Gasteiger partial charge in [0.25, 0.3) is 0 Å². The lowest BCUT2D eigenvalue weighted by Gasteiger charge is -2.15. The quantitative estimate of drug-likeness (QED) is 0.838. The van der Waals surface area contributed by atoms with E-state index in [9.17, 15) is 8.42 Å². The fourth-order valence-electron chi connectivity index (χ4n) is 1.73. The lowest BCUT2D eigenvalue weighted by atomic mass is 10.3. The minimum absolute atomic E-state index is 0.153. The summed E-state index contributed by atoms with van der Waals surface area (Å²) in [5, 5.41) is 6.78. The largest absolute Gasteiger partial charge is 0.452 e. The van der Waals surface area contributed by atoms with Gasteiger partial charge in [-0.2, -0.15) is 15.6 Å². The Balaban J connectivity index is 2.25. The van der Waals surface area contributed by atoms with E-state index in [2.05, 4.69) is 21.2 Å². The summed E-state index contributed by atoms with van der Waals surface area (Å²) in [4.78, 5) is 0.153. The van der Waals surface area contributed by atoms with E-state index in [4.69, 9.17) is 4.42 Å². The van der Waals surface area contributed by atoms with Crippen molar-refractivity contribution in [2.75, 3.05) is 14.1 Å². The van der Waals surface area contributed by atoms with Crippen LogP contribution in [0.4, 0.5) is 0 Å². The molecular formula is C12H15BrN2O3S2. The van der Waals surface area contributed by atoms with Crippen LogP contribution < -0.4 is 5.32 Å². The normalized spacial score (nSPS) is 12.2. The maximum Gasteiger partial charge on any atom is 0.247 e. The van der Waals surface area contributed by atoms with Crippen molar-refractivity contribution in [3.05, 3.63) is 38.9 Å². The Morgan fingerprint density at radius 1 is 1.50 bits per heavy atom. The SMILES string of the molecule is CNCc1cc(S(=O)(=O)N(C)Cc2ccsc2)c(Br)o1. The summed E-state index contributed by atoms with van der Waals surface area (Å²) in [5.41, 5.74) is 0.969. The first kappa shape index (κ1) is 15.7. The number of nitrogens with zero attached hydrogens (tertiary/aromatic N) is 1. The molecule has 0 aliphatic heterocycles. The molecule has 20 heavy (non-hydrogen) atoms. The number of hydrogen-bond donors (Lipinski definition) is 1. The van der Waals surface area contributed by atoms with E-state index < -0.39 is 10.0 Å². The molecule has 0 aliphatic carbocycles. The molecule has 0 aliphatic rings. The summed E-state index contributed by atoms with van der Waals surface area (Å²) in [6, 6.07) is 3.45. The van der Waals surface area contributed by atoms with Crippen molar-refractivity contribution in [3.63, 3.8) is 0 Å². The van der Waals surface area contributed by atoms with Crippen molar-refractivity contribution in [1.29, 1.82) is 0 Å². The van der Waals surface area contributed by atoms with Crippen molar-refractivity contribution >= 4 is 37.3 Å². The van der Waals surface area contributed by atoms with Crippen molar-refractivity contribution in [2.24, 2.45) is 0 Å². The number of sulfonamides is 1. The van der Waals surface area contributed by atoms with Crippen LogP contribution in [0.5, 0.6) is 0 Å². The van der Waals surface area contributed by atoms with Crippen LogP contribution in [0.15, 0.2) is 36.9 Å². The predicted octanol–water partition coefficient (Wildman–Crippen LogP) is 2.64. The maximum atomic E-state index is 12.5. The second-order valence-electron chi connectivity index (χ2n) is 4.27. The van der Waals surface area contributed by atoms with Crippen LogP contribution in [-0.2, 0) is 23.1 Å². The van der Waals surface area contributed by atoms with Crippen LogP contribution in [0.1, 0.15) is 11.3 Å². The topological polar surface area (TPSA) is 62.6 Å². The van der Waals surface area contributed by atoms with Gasteiger partial charge in [0.05, 0.1) is 6.54 Å². The van der Waals surface area contributed by atoms with Gasteiger partial charge >= 0.3 is 0 Å². The fourth-order valence-corrected chi connectivity index (χ4v) is 4.50. The zero-order valence-corrected chi connectivity index (χ0v) is 14.3. The maximum absolute atomic E-state index is 12.5. The summed E-state index contributed by atoms with van der Waals surface area (Å²) in [5.74, 6) is 0.571. The minimum atomic E-state index is -3.57. The summed E-state index contributed by atoms with van der Waals surface area (Å²) < 4.78 is 32.0. The molecule has 0 radical (unpaired) electrons. The highest BCUT2D eigenvalue weighted by molar-refractivity contribution is 9.10. The van der Waals surface area contributed by atoms with E-state index in [1.807, 2.05) is 16.8 Å². The molecule has 0 saturated heterocycles. The van der Waals surface area contributed by atoms with Gasteiger partial charge in [-0.3, -0.25) is 0 Å². The number of hydrogen-bond acceptors (Lipinski definition) is 5. The Hall–Kier alpha value is -0.670. The summed E-state index contributed by atoms with van der Waals surface area (Å²) in [7, 11) is -0.243. The highest BCUT2D eigenvalue weighted by Gasteiger charge is 2.27. The van der Waals surface area contributed by atoms with E-state index in [1.165, 1.54) is 4.31 Å². The molecule has 0 saturated carbocycles. The van der Waals surface area contributed by atoms with Crippen LogP contribution in [0.3, 0.4) is 0 Å². The van der Waals surface area contributed by atoms with Crippen LogP contribution in [-0.4, -0.2) is 26.8 Å². The van der Waals surface area contributed by atoms with Gasteiger partial charge in [-0.1, -0.05) is 0 Å². The van der Waals surface area contributed by atoms with E-state index in [-0.39, 0.29) is 9.56 Å². The first-order chi connectivity index (χ1) is 9.45. The Morgan fingerprint density at radius 3 is 2.85 bits per heavy atom. The number of nitrogens with one attached hydrogen (secondary N) is 1. The fraction of sp³-hybridized carbons (Fsp3) is 0.333. The van der Waals surface area contributed by atoms with Crippen molar-refractivity contribution < 1.29 is 12.8 Å². The van der Waals surface area contributed by atoms with Crippen LogP contribution >= 0.6 is 27.3 Å². The Bertz CT molecular complexity index is 665. The van der Waals surface area contributed by atoms with E-state index in [0.29, 0.717) is 18.8 Å². The van der Waals surface area contributed by atoms with Crippen molar-refractivity contribution in [2.45, 2.75) is 18.0 Å². The first-order valence-corrected chi connectivity index (χ1v) is 9.03. The molecule has 2 aromatic rings. The summed E-state index contributed by atoms with van der Waals surface area (Å²) in [6.07, 6.45) is 0. The molecule has 0 atom stereocenters. The molecule has 2 rings (SSSR count). The Labute approximate surface area is 130 Å². The number of rotatable bonds is 6. The molecule has 2 heterocycles. The third-order valence-electron chi connectivity index (χ3n) is 2.73. The predicted molar refractivity (Wildman–Crippen MR) is 82.1 cm³/mol. The molecule has 8 heteroatoms. The van der Waals surface area contributed by atoms with E-state index in [1.54, 1.807) is 31.5 Å². The molecule has 0 unspecified atom stereocenters. The lowest BCUT2D eigenvalue weighted by Crippen LogP contribution is -2.26. The molecule has 0 amide bonds. The number of thiophene rings is 1. The minimum Gasteiger partial charge on any atom is -0.452 e. The average molecular weight is 379 g/mol. The van der Waals surface area contributed by atoms with Gasteiger partial charge in [-0.25, -0.2) is 8.42 Å². The zero-order valence-electron chi connectivity index (χ0n) is 11.1. The second-order valence-corrected chi connectivity index (χ2v) is 7.79. The number of halogens is 1. The third-order valence-corrected chi connectivity index (χ3v) is 6.12. The van der Waals surface area contributed by atoms with Crippen LogP contribution in [0.25, 0.3) is 0 Å². The smallest absolute Gasteiger partial charge is 0.247 e. The standard InChI is InChI=1S/C12H15BrN2O3S2/c1-14-6-10-5-11(12(13)18-10)20(16,17)15(2)7-9-3-4-19-8-9/h3-5,8,14H,6-7H2,1-2H3. The van der Waals surface area contributed by atoms with Crippen LogP contribution in [0.2, 0.25) is 0 Å². The molecule has 0 bridgehead atoms. The van der Waals surface area contributed by atoms with Gasteiger partial charge in [-0.05, 0) is 45.4 Å². The summed E-state index contributed by atoms with van der Waals surface area (Å²) >= 11 is 4.72. The molecule has 0 spiro atoms. The monoisotopic (exact) mass is 378 g/mol. The molecule has 0 fully saturated rings. The Kier molecular flexibility index (Phi) is 5.03. The van der Waals surface area contributed by atoms with Gasteiger partial charge in [0.2, 0.25) is 10.0 Å². The lowest BCUT2D eigenvalue weighted by molar-refractivity contribution is 0.454. The van der Waals surface area contributed by atoms with E-state index >= 15 is 0 Å². The zero-order chi connectivity index (χ0) is 14.8. The molecule has 2 aromatic heterocycles. The highest BCUT2D eigenvalue weighted by atomic mass is 79.9. The molecule has 1 N–H and O–H groups in total. The van der Waals surface area contributed by atoms with Gasteiger partial charge in [-0.15, -0.1) is 0 Å². The molecular weight excluding hydrogens is 364 g/mol. The Morgan fingerprint density at radius 2 is 2.25 bits per heavy atom. The van der Waals surface area contributed by atoms with Crippen LogP contribution in [0, 0.1) is 0 Å². The first-order valence-electron chi connectivity index (χ1n) is 5.85. The highest BCUT2D eigenvalue weighted by Crippen LogP contribution is 2.29.